The third-order valence-electron chi connectivity index (χ3n) is 4.45. The van der Waals surface area contributed by atoms with Gasteiger partial charge >= 0.3 is 0 Å². The molecule has 1 saturated heterocycles. The molecule has 0 aromatic carbocycles. The number of β-amino-alcohol motifs (C(OH)–C–C–N with tert-alkyl or cyclic N) is 1. The zero-order valence-corrected chi connectivity index (χ0v) is 12.9. The molecule has 3 N–H and O–H groups in total. The van der Waals surface area contributed by atoms with Crippen LogP contribution in [-0.2, 0) is 4.79 Å². The summed E-state index contributed by atoms with van der Waals surface area (Å²) >= 11 is 0. The molecule has 1 aromatic heterocycles. The SMILES string of the molecule is Cc1cc(N2CCN(C(=O)C3CCC3)CC(O)C2)nc(N)n1. The highest BCUT2D eigenvalue weighted by Gasteiger charge is 2.32. The van der Waals surface area contributed by atoms with Crippen LogP contribution in [0.1, 0.15) is 25.0 Å². The maximum absolute atomic E-state index is 12.4. The van der Waals surface area contributed by atoms with Crippen LogP contribution in [0.15, 0.2) is 6.07 Å². The fraction of sp³-hybridized carbons (Fsp3) is 0.667. The number of carbonyl (C=O) groups is 1. The molecule has 1 amide bonds. The summed E-state index contributed by atoms with van der Waals surface area (Å²) in [5.74, 6) is 1.29. The van der Waals surface area contributed by atoms with Gasteiger partial charge in [-0.1, -0.05) is 6.42 Å². The van der Waals surface area contributed by atoms with Gasteiger partial charge in [-0.15, -0.1) is 0 Å². The maximum Gasteiger partial charge on any atom is 0.225 e. The third kappa shape index (κ3) is 3.14. The number of hydrogen-bond acceptors (Lipinski definition) is 6. The van der Waals surface area contributed by atoms with E-state index < -0.39 is 6.10 Å². The molecule has 2 fully saturated rings. The molecule has 0 bridgehead atoms. The van der Waals surface area contributed by atoms with Gasteiger partial charge in [0.15, 0.2) is 0 Å². The van der Waals surface area contributed by atoms with Crippen LogP contribution in [0.3, 0.4) is 0 Å². The van der Waals surface area contributed by atoms with Crippen molar-refractivity contribution in [1.29, 1.82) is 0 Å². The van der Waals surface area contributed by atoms with Crippen LogP contribution in [0.5, 0.6) is 0 Å². The van der Waals surface area contributed by atoms with E-state index in [0.29, 0.717) is 32.0 Å². The molecule has 1 aromatic rings. The number of anilines is 2. The van der Waals surface area contributed by atoms with Crippen LogP contribution >= 0.6 is 0 Å². The number of hydrogen-bond donors (Lipinski definition) is 2. The Kier molecular flexibility index (Phi) is 4.15. The summed E-state index contributed by atoms with van der Waals surface area (Å²) in [6, 6.07) is 1.85. The van der Waals surface area contributed by atoms with Gasteiger partial charge in [0.05, 0.1) is 6.10 Å². The Morgan fingerprint density at radius 3 is 2.73 bits per heavy atom. The van der Waals surface area contributed by atoms with Gasteiger partial charge < -0.3 is 20.6 Å². The van der Waals surface area contributed by atoms with Crippen LogP contribution in [0.4, 0.5) is 11.8 Å². The molecule has 2 heterocycles. The summed E-state index contributed by atoms with van der Waals surface area (Å²) in [6.45, 7) is 3.96. The summed E-state index contributed by atoms with van der Waals surface area (Å²) in [5.41, 5.74) is 6.50. The average Bonchev–Trinajstić information content (AvgIpc) is 2.57. The number of rotatable bonds is 2. The predicted octanol–water partition coefficient (Wildman–Crippen LogP) is 0.177. The van der Waals surface area contributed by atoms with Crippen molar-refractivity contribution in [1.82, 2.24) is 14.9 Å². The van der Waals surface area contributed by atoms with Crippen molar-refractivity contribution in [3.8, 4) is 0 Å². The summed E-state index contributed by atoms with van der Waals surface area (Å²) < 4.78 is 0. The maximum atomic E-state index is 12.4. The fourth-order valence-corrected chi connectivity index (χ4v) is 3.05. The largest absolute Gasteiger partial charge is 0.389 e. The molecular weight excluding hydrogens is 282 g/mol. The highest BCUT2D eigenvalue weighted by molar-refractivity contribution is 5.79. The molecule has 0 spiro atoms. The highest BCUT2D eigenvalue weighted by atomic mass is 16.3. The van der Waals surface area contributed by atoms with Crippen LogP contribution < -0.4 is 10.6 Å². The molecule has 1 aliphatic heterocycles. The van der Waals surface area contributed by atoms with E-state index in [2.05, 4.69) is 9.97 Å². The molecule has 3 rings (SSSR count). The summed E-state index contributed by atoms with van der Waals surface area (Å²) in [4.78, 5) is 24.5. The van der Waals surface area contributed by atoms with Gasteiger partial charge in [-0.2, -0.15) is 4.98 Å². The molecule has 1 aliphatic carbocycles. The molecule has 1 atom stereocenters. The van der Waals surface area contributed by atoms with Crippen molar-refractivity contribution in [2.75, 3.05) is 36.8 Å². The van der Waals surface area contributed by atoms with Crippen LogP contribution in [0.25, 0.3) is 0 Å². The molecule has 7 heteroatoms. The lowest BCUT2D eigenvalue weighted by Gasteiger charge is -2.31. The molecule has 0 radical (unpaired) electrons. The molecule has 1 saturated carbocycles. The summed E-state index contributed by atoms with van der Waals surface area (Å²) in [6.07, 6.45) is 2.52. The number of nitrogens with two attached hydrogens (primary N) is 1. The number of amides is 1. The smallest absolute Gasteiger partial charge is 0.225 e. The Labute approximate surface area is 130 Å². The van der Waals surface area contributed by atoms with E-state index in [1.807, 2.05) is 17.9 Å². The van der Waals surface area contributed by atoms with Crippen LogP contribution in [0.2, 0.25) is 0 Å². The van der Waals surface area contributed by atoms with Gasteiger partial charge in [0.2, 0.25) is 11.9 Å². The van der Waals surface area contributed by atoms with Crippen molar-refractivity contribution < 1.29 is 9.90 Å². The van der Waals surface area contributed by atoms with Gasteiger partial charge in [-0.25, -0.2) is 4.98 Å². The topological polar surface area (TPSA) is 95.6 Å². The van der Waals surface area contributed by atoms with E-state index in [0.717, 1.165) is 25.0 Å². The predicted molar refractivity (Wildman–Crippen MR) is 83.3 cm³/mol. The second-order valence-electron chi connectivity index (χ2n) is 6.24. The first-order valence-corrected chi connectivity index (χ1v) is 7.86. The Hall–Kier alpha value is -1.89. The average molecular weight is 305 g/mol. The number of nitrogens with zero attached hydrogens (tertiary/aromatic N) is 4. The van der Waals surface area contributed by atoms with Gasteiger partial charge in [0.1, 0.15) is 5.82 Å². The quantitative estimate of drug-likeness (QED) is 0.809. The molecule has 1 unspecified atom stereocenters. The van der Waals surface area contributed by atoms with Crippen LogP contribution in [0, 0.1) is 12.8 Å². The lowest BCUT2D eigenvalue weighted by atomic mass is 9.84. The molecule has 22 heavy (non-hydrogen) atoms. The van der Waals surface area contributed by atoms with Crippen LogP contribution in [-0.4, -0.2) is 58.2 Å². The van der Waals surface area contributed by atoms with Crippen molar-refractivity contribution in [2.24, 2.45) is 5.92 Å². The zero-order valence-electron chi connectivity index (χ0n) is 12.9. The van der Waals surface area contributed by atoms with Gasteiger partial charge in [0.25, 0.3) is 0 Å². The van der Waals surface area contributed by atoms with E-state index in [9.17, 15) is 9.90 Å². The minimum Gasteiger partial charge on any atom is -0.389 e. The monoisotopic (exact) mass is 305 g/mol. The standard InChI is InChI=1S/C15H23N5O2/c1-10-7-13(18-15(16)17-10)19-5-6-20(9-12(21)8-19)14(22)11-3-2-4-11/h7,11-12,21H,2-6,8-9H2,1H3,(H2,16,17,18). The number of aliphatic hydroxyl groups excluding tert-OH is 1. The third-order valence-corrected chi connectivity index (χ3v) is 4.45. The lowest BCUT2D eigenvalue weighted by Crippen LogP contribution is -2.43. The first kappa shape index (κ1) is 15.0. The van der Waals surface area contributed by atoms with E-state index >= 15 is 0 Å². The van der Waals surface area contributed by atoms with Gasteiger partial charge in [-0.05, 0) is 19.8 Å². The minimum atomic E-state index is -0.581. The first-order chi connectivity index (χ1) is 10.5. The van der Waals surface area contributed by atoms with Gasteiger partial charge in [0, 0.05) is 43.9 Å². The van der Waals surface area contributed by atoms with Crippen molar-refractivity contribution in [3.05, 3.63) is 11.8 Å². The minimum absolute atomic E-state index is 0.163. The van der Waals surface area contributed by atoms with Gasteiger partial charge in [-0.3, -0.25) is 4.79 Å². The van der Waals surface area contributed by atoms with Crippen molar-refractivity contribution >= 4 is 17.7 Å². The highest BCUT2D eigenvalue weighted by Crippen LogP contribution is 2.28. The zero-order chi connectivity index (χ0) is 15.7. The first-order valence-electron chi connectivity index (χ1n) is 7.86. The van der Waals surface area contributed by atoms with E-state index in [4.69, 9.17) is 5.73 Å². The van der Waals surface area contributed by atoms with E-state index in [-0.39, 0.29) is 17.8 Å². The Balaban J connectivity index is 1.72. The number of aryl methyl sites for hydroxylation is 1. The molecular formula is C15H23N5O2. The second kappa shape index (κ2) is 6.08. The fourth-order valence-electron chi connectivity index (χ4n) is 3.05. The van der Waals surface area contributed by atoms with Crippen molar-refractivity contribution in [3.63, 3.8) is 0 Å². The molecule has 120 valence electrons. The Morgan fingerprint density at radius 2 is 2.09 bits per heavy atom. The lowest BCUT2D eigenvalue weighted by molar-refractivity contribution is -0.139. The van der Waals surface area contributed by atoms with Crippen molar-refractivity contribution in [2.45, 2.75) is 32.3 Å². The Bertz CT molecular complexity index is 541. The molecule has 2 aliphatic rings. The summed E-state index contributed by atoms with van der Waals surface area (Å²) in [5, 5.41) is 10.2. The number of carbonyl (C=O) groups excluding carboxylic acids is 1. The summed E-state index contributed by atoms with van der Waals surface area (Å²) in [7, 11) is 0. The van der Waals surface area contributed by atoms with E-state index in [1.165, 1.54) is 0 Å². The Morgan fingerprint density at radius 1 is 1.32 bits per heavy atom. The van der Waals surface area contributed by atoms with E-state index in [1.54, 1.807) is 4.90 Å². The number of aliphatic hydroxyl groups is 1. The second-order valence-corrected chi connectivity index (χ2v) is 6.24. The number of nitrogen functional groups attached to an aromatic ring is 1. The number of aromatic nitrogens is 2. The molecule has 7 nitrogen and oxygen atoms in total. The normalized spacial score (nSPS) is 23.1.